The molecule has 6 nitrogen and oxygen atoms in total. The number of carbonyl (C=O) groups excluding carboxylic acids is 1. The number of para-hydroxylation sites is 1. The molecule has 2 aromatic heterocycles. The molecular formula is C27H22N4O2S. The number of nitrogens with zero attached hydrogens (tertiary/aromatic N) is 3. The molecule has 0 aliphatic rings. The van der Waals surface area contributed by atoms with Gasteiger partial charge in [-0.05, 0) is 29.8 Å². The quantitative estimate of drug-likeness (QED) is 0.305. The Kier molecular flexibility index (Phi) is 6.54. The molecule has 3 aromatic carbocycles. The largest absolute Gasteiger partial charge is 0.467 e. The molecule has 0 aliphatic heterocycles. The Morgan fingerprint density at radius 1 is 0.853 bits per heavy atom. The maximum atomic E-state index is 13.0. The lowest BCUT2D eigenvalue weighted by Gasteiger charge is -2.17. The first kappa shape index (κ1) is 21.7. The van der Waals surface area contributed by atoms with Gasteiger partial charge in [0.2, 0.25) is 5.91 Å². The van der Waals surface area contributed by atoms with Gasteiger partial charge in [0.25, 0.3) is 0 Å². The zero-order valence-corrected chi connectivity index (χ0v) is 19.1. The zero-order valence-electron chi connectivity index (χ0n) is 18.2. The summed E-state index contributed by atoms with van der Waals surface area (Å²) in [4.78, 5) is 13.0. The highest BCUT2D eigenvalue weighted by Crippen LogP contribution is 2.28. The summed E-state index contributed by atoms with van der Waals surface area (Å²) < 4.78 is 7.58. The van der Waals surface area contributed by atoms with Crippen molar-refractivity contribution in [3.63, 3.8) is 0 Å². The van der Waals surface area contributed by atoms with Crippen molar-refractivity contribution >= 4 is 17.7 Å². The molecule has 1 unspecified atom stereocenters. The molecule has 2 heterocycles. The third-order valence-electron chi connectivity index (χ3n) is 5.28. The highest BCUT2D eigenvalue weighted by molar-refractivity contribution is 7.99. The van der Waals surface area contributed by atoms with Gasteiger partial charge < -0.3 is 9.73 Å². The van der Waals surface area contributed by atoms with Crippen molar-refractivity contribution in [2.45, 2.75) is 11.2 Å². The fourth-order valence-electron chi connectivity index (χ4n) is 3.70. The van der Waals surface area contributed by atoms with Gasteiger partial charge in [-0.2, -0.15) is 0 Å². The lowest BCUT2D eigenvalue weighted by Crippen LogP contribution is -2.30. The van der Waals surface area contributed by atoms with Crippen LogP contribution in [0.5, 0.6) is 0 Å². The fraction of sp³-hybridized carbons (Fsp3) is 0.0741. The van der Waals surface area contributed by atoms with E-state index in [2.05, 4.69) is 15.5 Å². The van der Waals surface area contributed by atoms with Gasteiger partial charge in [-0.15, -0.1) is 10.2 Å². The topological polar surface area (TPSA) is 73.0 Å². The summed E-state index contributed by atoms with van der Waals surface area (Å²) >= 11 is 1.35. The average Bonchev–Trinajstić information content (AvgIpc) is 3.58. The zero-order chi connectivity index (χ0) is 23.2. The van der Waals surface area contributed by atoms with Gasteiger partial charge in [-0.3, -0.25) is 9.36 Å². The van der Waals surface area contributed by atoms with E-state index in [0.717, 1.165) is 22.6 Å². The second-order valence-electron chi connectivity index (χ2n) is 7.56. The highest BCUT2D eigenvalue weighted by atomic mass is 32.2. The van der Waals surface area contributed by atoms with E-state index in [1.54, 1.807) is 6.26 Å². The van der Waals surface area contributed by atoms with Crippen LogP contribution in [-0.4, -0.2) is 26.4 Å². The third-order valence-corrected chi connectivity index (χ3v) is 6.21. The van der Waals surface area contributed by atoms with Gasteiger partial charge in [0.05, 0.1) is 12.0 Å². The number of aromatic nitrogens is 3. The van der Waals surface area contributed by atoms with Crippen LogP contribution in [0, 0.1) is 0 Å². The van der Waals surface area contributed by atoms with Crippen LogP contribution >= 0.6 is 11.8 Å². The summed E-state index contributed by atoms with van der Waals surface area (Å²) in [7, 11) is 0. The number of rotatable bonds is 8. The third kappa shape index (κ3) is 4.79. The number of hydrogen-bond acceptors (Lipinski definition) is 5. The van der Waals surface area contributed by atoms with E-state index >= 15 is 0 Å². The van der Waals surface area contributed by atoms with E-state index in [4.69, 9.17) is 4.42 Å². The molecule has 1 amide bonds. The van der Waals surface area contributed by atoms with Crippen LogP contribution in [0.1, 0.15) is 17.4 Å². The number of thioether (sulfide) groups is 1. The van der Waals surface area contributed by atoms with Crippen LogP contribution in [0.15, 0.2) is 119 Å². The van der Waals surface area contributed by atoms with Gasteiger partial charge >= 0.3 is 0 Å². The van der Waals surface area contributed by atoms with E-state index in [9.17, 15) is 4.79 Å². The van der Waals surface area contributed by atoms with Gasteiger partial charge in [-0.25, -0.2) is 0 Å². The molecule has 1 N–H and O–H groups in total. The molecular weight excluding hydrogens is 444 g/mol. The molecule has 0 spiro atoms. The molecule has 0 radical (unpaired) electrons. The molecule has 5 rings (SSSR count). The summed E-state index contributed by atoms with van der Waals surface area (Å²) in [5.74, 6) is 1.47. The van der Waals surface area contributed by atoms with Gasteiger partial charge in [0.1, 0.15) is 11.8 Å². The minimum absolute atomic E-state index is 0.126. The van der Waals surface area contributed by atoms with Crippen molar-refractivity contribution < 1.29 is 9.21 Å². The Labute approximate surface area is 201 Å². The van der Waals surface area contributed by atoms with Crippen molar-refractivity contribution in [3.8, 4) is 17.1 Å². The van der Waals surface area contributed by atoms with Crippen molar-refractivity contribution in [1.29, 1.82) is 0 Å². The maximum absolute atomic E-state index is 13.0. The Morgan fingerprint density at radius 3 is 2.21 bits per heavy atom. The van der Waals surface area contributed by atoms with Gasteiger partial charge in [0.15, 0.2) is 11.0 Å². The molecule has 7 heteroatoms. The van der Waals surface area contributed by atoms with E-state index in [1.807, 2.05) is 108 Å². The highest BCUT2D eigenvalue weighted by Gasteiger charge is 2.21. The van der Waals surface area contributed by atoms with Gasteiger partial charge in [0, 0.05) is 11.3 Å². The van der Waals surface area contributed by atoms with Crippen LogP contribution in [-0.2, 0) is 4.79 Å². The Balaban J connectivity index is 1.38. The van der Waals surface area contributed by atoms with Crippen LogP contribution < -0.4 is 5.32 Å². The van der Waals surface area contributed by atoms with Crippen LogP contribution in [0.25, 0.3) is 17.1 Å². The van der Waals surface area contributed by atoms with Crippen LogP contribution in [0.2, 0.25) is 0 Å². The number of amides is 1. The van der Waals surface area contributed by atoms with E-state index < -0.39 is 0 Å². The first-order valence-corrected chi connectivity index (χ1v) is 11.8. The van der Waals surface area contributed by atoms with Crippen LogP contribution in [0.3, 0.4) is 0 Å². The van der Waals surface area contributed by atoms with Crippen molar-refractivity contribution in [1.82, 2.24) is 20.1 Å². The maximum Gasteiger partial charge on any atom is 0.231 e. The summed E-state index contributed by atoms with van der Waals surface area (Å²) in [6, 6.07) is 32.9. The van der Waals surface area contributed by atoms with E-state index in [-0.39, 0.29) is 17.7 Å². The molecule has 0 fully saturated rings. The van der Waals surface area contributed by atoms with E-state index in [0.29, 0.717) is 10.9 Å². The standard InChI is InChI=1S/C27H22N4O2S/c32-24(28-25(23-17-10-18-33-23)20-11-4-1-5-12-20)19-34-27-30-29-26(21-13-6-2-7-14-21)31(27)22-15-8-3-9-16-22/h1-18,25H,19H2,(H,28,32). The number of nitrogens with one attached hydrogen (secondary N) is 1. The Hall–Kier alpha value is -4.10. The average molecular weight is 467 g/mol. The van der Waals surface area contributed by atoms with Crippen molar-refractivity contribution in [2.75, 3.05) is 5.75 Å². The number of hydrogen-bond donors (Lipinski definition) is 1. The minimum Gasteiger partial charge on any atom is -0.467 e. The number of carbonyl (C=O) groups is 1. The predicted molar refractivity (Wildman–Crippen MR) is 133 cm³/mol. The molecule has 168 valence electrons. The monoisotopic (exact) mass is 466 g/mol. The summed E-state index contributed by atoms with van der Waals surface area (Å²) in [5.41, 5.74) is 2.85. The van der Waals surface area contributed by atoms with Crippen molar-refractivity contribution in [2.24, 2.45) is 0 Å². The first-order valence-electron chi connectivity index (χ1n) is 10.9. The molecule has 0 saturated heterocycles. The fourth-order valence-corrected chi connectivity index (χ4v) is 4.46. The second-order valence-corrected chi connectivity index (χ2v) is 8.50. The summed E-state index contributed by atoms with van der Waals surface area (Å²) in [6.45, 7) is 0. The predicted octanol–water partition coefficient (Wildman–Crippen LogP) is 5.53. The van der Waals surface area contributed by atoms with Crippen molar-refractivity contribution in [3.05, 3.63) is 121 Å². The van der Waals surface area contributed by atoms with Crippen LogP contribution in [0.4, 0.5) is 0 Å². The summed E-state index contributed by atoms with van der Waals surface area (Å²) in [6.07, 6.45) is 1.61. The smallest absolute Gasteiger partial charge is 0.231 e. The lowest BCUT2D eigenvalue weighted by molar-refractivity contribution is -0.119. The SMILES string of the molecule is O=C(CSc1nnc(-c2ccccc2)n1-c1ccccc1)NC(c1ccccc1)c1ccco1. The molecule has 34 heavy (non-hydrogen) atoms. The Morgan fingerprint density at radius 2 is 1.53 bits per heavy atom. The normalized spacial score (nSPS) is 11.8. The molecule has 0 aliphatic carbocycles. The Bertz CT molecular complexity index is 1340. The lowest BCUT2D eigenvalue weighted by atomic mass is 10.0. The van der Waals surface area contributed by atoms with E-state index in [1.165, 1.54) is 11.8 Å². The van der Waals surface area contributed by atoms with Gasteiger partial charge in [-0.1, -0.05) is 90.6 Å². The summed E-state index contributed by atoms with van der Waals surface area (Å²) in [5, 5.41) is 12.6. The minimum atomic E-state index is -0.365. The molecule has 1 atom stereocenters. The number of furan rings is 1. The second kappa shape index (κ2) is 10.2. The molecule has 0 saturated carbocycles. The first-order chi connectivity index (χ1) is 16.8. The molecule has 5 aromatic rings. The molecule has 0 bridgehead atoms. The number of benzene rings is 3.